The first kappa shape index (κ1) is 23.5. The Morgan fingerprint density at radius 3 is 1.67 bits per heavy atom. The lowest BCUT2D eigenvalue weighted by Crippen LogP contribution is -2.71. The Morgan fingerprint density at radius 2 is 1.28 bits per heavy atom. The molecule has 6 rings (SSSR count). The average Bonchev–Trinajstić information content (AvgIpc) is 3.32. The van der Waals surface area contributed by atoms with Crippen molar-refractivity contribution in [1.82, 2.24) is 20.6 Å². The van der Waals surface area contributed by atoms with Gasteiger partial charge in [0.1, 0.15) is 10.3 Å². The first-order valence-electron chi connectivity index (χ1n) is 11.7. The summed E-state index contributed by atoms with van der Waals surface area (Å²) in [5.74, 6) is -1.15. The highest BCUT2D eigenvalue weighted by Gasteiger charge is 2.60. The molecule has 4 aliphatic rings. The van der Waals surface area contributed by atoms with E-state index in [1.807, 2.05) is 12.1 Å². The maximum absolute atomic E-state index is 12.6. The monoisotopic (exact) mass is 530 g/mol. The van der Waals surface area contributed by atoms with Gasteiger partial charge in [-0.25, -0.2) is 19.6 Å². The summed E-state index contributed by atoms with van der Waals surface area (Å²) >= 11 is 11.8. The van der Waals surface area contributed by atoms with E-state index in [0.29, 0.717) is 49.6 Å². The maximum atomic E-state index is 12.6. The van der Waals surface area contributed by atoms with Gasteiger partial charge in [-0.2, -0.15) is 0 Å². The predicted octanol–water partition coefficient (Wildman–Crippen LogP) is 1.19. The molecule has 0 radical (unpaired) electrons. The molecule has 0 aromatic carbocycles. The highest BCUT2D eigenvalue weighted by Crippen LogP contribution is 2.41. The van der Waals surface area contributed by atoms with E-state index < -0.39 is 23.1 Å². The van der Waals surface area contributed by atoms with Gasteiger partial charge in [0.2, 0.25) is 0 Å². The van der Waals surface area contributed by atoms with Crippen molar-refractivity contribution in [3.8, 4) is 0 Å². The van der Waals surface area contributed by atoms with Gasteiger partial charge in [-0.3, -0.25) is 0 Å². The molecule has 2 aromatic rings. The first-order valence-corrected chi connectivity index (χ1v) is 12.4. The van der Waals surface area contributed by atoms with Crippen molar-refractivity contribution in [1.29, 1.82) is 0 Å². The van der Waals surface area contributed by atoms with Gasteiger partial charge >= 0.3 is 11.9 Å². The number of fused-ring (bicyclic) bond motifs is 2. The van der Waals surface area contributed by atoms with Gasteiger partial charge in [0, 0.05) is 38.3 Å². The van der Waals surface area contributed by atoms with Crippen LogP contribution in [0.15, 0.2) is 48.8 Å². The van der Waals surface area contributed by atoms with Crippen molar-refractivity contribution < 1.29 is 19.1 Å². The molecule has 36 heavy (non-hydrogen) atoms. The van der Waals surface area contributed by atoms with Crippen LogP contribution in [-0.4, -0.2) is 84.5 Å². The van der Waals surface area contributed by atoms with E-state index in [4.69, 9.17) is 32.7 Å². The first-order chi connectivity index (χ1) is 17.4. The predicted molar refractivity (Wildman–Crippen MR) is 133 cm³/mol. The van der Waals surface area contributed by atoms with E-state index in [2.05, 4.69) is 30.4 Å². The summed E-state index contributed by atoms with van der Waals surface area (Å²) < 4.78 is 11.6. The molecule has 0 amide bonds. The lowest BCUT2D eigenvalue weighted by Gasteiger charge is -2.53. The zero-order valence-corrected chi connectivity index (χ0v) is 20.7. The summed E-state index contributed by atoms with van der Waals surface area (Å²) in [5.41, 5.74) is 0.541. The number of ether oxygens (including phenoxy) is 2. The van der Waals surface area contributed by atoms with Gasteiger partial charge in [-0.1, -0.05) is 23.2 Å². The summed E-state index contributed by atoms with van der Waals surface area (Å²) in [6.07, 6.45) is 5.70. The number of aromatic nitrogens is 2. The Labute approximate surface area is 217 Å². The lowest BCUT2D eigenvalue weighted by atomic mass is 9.85. The normalized spacial score (nSPS) is 30.4. The van der Waals surface area contributed by atoms with Gasteiger partial charge in [-0.15, -0.1) is 0 Å². The number of rotatable bonds is 6. The molecule has 188 valence electrons. The zero-order valence-electron chi connectivity index (χ0n) is 19.2. The molecular weight excluding hydrogens is 507 g/mol. The fourth-order valence-corrected chi connectivity index (χ4v) is 5.85. The average molecular weight is 531 g/mol. The summed E-state index contributed by atoms with van der Waals surface area (Å²) in [5, 5.41) is 7.43. The molecular formula is C24H24Cl2N6O4. The summed E-state index contributed by atoms with van der Waals surface area (Å²) in [6, 6.07) is 7.22. The van der Waals surface area contributed by atoms with E-state index in [0.717, 1.165) is 23.5 Å². The fourth-order valence-electron chi connectivity index (χ4n) is 5.63. The van der Waals surface area contributed by atoms with Crippen LogP contribution in [0, 0.1) is 0 Å². The molecule has 4 fully saturated rings. The molecule has 0 unspecified atom stereocenters. The molecule has 2 aromatic heterocycles. The van der Waals surface area contributed by atoms with Gasteiger partial charge < -0.3 is 29.9 Å². The number of pyridine rings is 2. The molecule has 0 bridgehead atoms. The van der Waals surface area contributed by atoms with Crippen LogP contribution in [0.25, 0.3) is 0 Å². The number of hydrogen-bond donors (Lipinski definition) is 2. The smallest absolute Gasteiger partial charge is 0.331 e. The van der Waals surface area contributed by atoms with Crippen LogP contribution in [0.5, 0.6) is 0 Å². The highest BCUT2D eigenvalue weighted by molar-refractivity contribution is 6.29. The Morgan fingerprint density at radius 1 is 0.833 bits per heavy atom. The number of carbonyl (C=O) groups excluding carboxylic acids is 2. The molecule has 0 saturated carbocycles. The third kappa shape index (κ3) is 3.98. The standard InChI is InChI=1S/C24H24Cl2N6O4/c25-19-3-1-15(7-29-19)31-13-23(11-27-9-17(23)31)35-21(33)5-6-22(34)36-24-12-28-10-18(24)32(14-24)16-2-4-20(26)30-8-16/h1-8,17-18,27-28H,9-14H2/b6-5+/t17-,18-,23-,24-/m0/s1. The van der Waals surface area contributed by atoms with E-state index >= 15 is 0 Å². The SMILES string of the molecule is O=C(/C=C/C(=O)O[C@]12CNC[C@@H]1N(c1ccc(Cl)nc1)C2)O[C@]12CNC[C@@H]1N(c1ccc(Cl)nc1)C2. The van der Waals surface area contributed by atoms with Crippen molar-refractivity contribution >= 4 is 46.5 Å². The van der Waals surface area contributed by atoms with Crippen molar-refractivity contribution in [2.24, 2.45) is 0 Å². The van der Waals surface area contributed by atoms with Crippen molar-refractivity contribution in [2.45, 2.75) is 23.3 Å². The van der Waals surface area contributed by atoms with Crippen LogP contribution in [0.4, 0.5) is 11.4 Å². The van der Waals surface area contributed by atoms with Crippen molar-refractivity contribution in [3.05, 3.63) is 59.1 Å². The largest absolute Gasteiger partial charge is 0.450 e. The Hall–Kier alpha value is -2.92. The number of halogens is 2. The number of hydrogen-bond acceptors (Lipinski definition) is 10. The summed E-state index contributed by atoms with van der Waals surface area (Å²) in [4.78, 5) is 37.7. The second-order valence-electron chi connectivity index (χ2n) is 9.53. The van der Waals surface area contributed by atoms with Gasteiger partial charge in [0.05, 0.1) is 48.9 Å². The Bertz CT molecular complexity index is 1120. The number of carbonyl (C=O) groups is 2. The third-order valence-corrected chi connectivity index (χ3v) is 7.86. The number of nitrogens with zero attached hydrogens (tertiary/aromatic N) is 4. The quantitative estimate of drug-likeness (QED) is 0.321. The zero-order chi connectivity index (χ0) is 24.9. The van der Waals surface area contributed by atoms with Crippen molar-refractivity contribution in [3.63, 3.8) is 0 Å². The van der Waals surface area contributed by atoms with Crippen LogP contribution in [-0.2, 0) is 19.1 Å². The Kier molecular flexibility index (Phi) is 5.79. The number of anilines is 2. The fraction of sp³-hybridized carbons (Fsp3) is 0.417. The van der Waals surface area contributed by atoms with E-state index in [9.17, 15) is 9.59 Å². The van der Waals surface area contributed by atoms with Crippen LogP contribution in [0.2, 0.25) is 10.3 Å². The van der Waals surface area contributed by atoms with Gasteiger partial charge in [0.25, 0.3) is 0 Å². The molecule has 0 aliphatic carbocycles. The lowest BCUT2D eigenvalue weighted by molar-refractivity contribution is -0.160. The minimum absolute atomic E-state index is 0.0164. The minimum atomic E-state index is -0.648. The summed E-state index contributed by atoms with van der Waals surface area (Å²) in [7, 11) is 0. The van der Waals surface area contributed by atoms with Crippen LogP contribution in [0.1, 0.15) is 0 Å². The minimum Gasteiger partial charge on any atom is -0.450 e. The molecule has 2 N–H and O–H groups in total. The molecule has 0 spiro atoms. The number of esters is 2. The molecule has 4 atom stereocenters. The molecule has 4 saturated heterocycles. The maximum Gasteiger partial charge on any atom is 0.331 e. The van der Waals surface area contributed by atoms with Gasteiger partial charge in [-0.05, 0) is 24.3 Å². The molecule has 10 nitrogen and oxygen atoms in total. The highest BCUT2D eigenvalue weighted by atomic mass is 35.5. The molecule has 6 heterocycles. The second kappa shape index (κ2) is 8.88. The summed E-state index contributed by atoms with van der Waals surface area (Å²) in [6.45, 7) is 3.51. The van der Waals surface area contributed by atoms with Crippen LogP contribution < -0.4 is 20.4 Å². The molecule has 4 aliphatic heterocycles. The Balaban J connectivity index is 1.05. The second-order valence-corrected chi connectivity index (χ2v) is 10.3. The third-order valence-electron chi connectivity index (χ3n) is 7.42. The van der Waals surface area contributed by atoms with E-state index in [-0.39, 0.29) is 12.1 Å². The van der Waals surface area contributed by atoms with E-state index in [1.54, 1.807) is 24.5 Å². The van der Waals surface area contributed by atoms with Crippen LogP contribution >= 0.6 is 23.2 Å². The van der Waals surface area contributed by atoms with Gasteiger partial charge in [0.15, 0.2) is 11.2 Å². The number of nitrogens with one attached hydrogen (secondary N) is 2. The van der Waals surface area contributed by atoms with Crippen molar-refractivity contribution in [2.75, 3.05) is 49.1 Å². The topological polar surface area (TPSA) is 109 Å². The van der Waals surface area contributed by atoms with E-state index in [1.165, 1.54) is 0 Å². The van der Waals surface area contributed by atoms with Crippen LogP contribution in [0.3, 0.4) is 0 Å². The molecule has 12 heteroatoms.